The van der Waals surface area contributed by atoms with Gasteiger partial charge in [0.2, 0.25) is 0 Å². The fourth-order valence-corrected chi connectivity index (χ4v) is 2.79. The molecule has 0 aliphatic heterocycles. The number of ether oxygens (including phenoxy) is 3. The van der Waals surface area contributed by atoms with E-state index in [1.54, 1.807) is 21.3 Å². The molecule has 124 valence electrons. The Morgan fingerprint density at radius 3 is 2.50 bits per heavy atom. The molecule has 0 bridgehead atoms. The van der Waals surface area contributed by atoms with Crippen molar-refractivity contribution in [3.63, 3.8) is 0 Å². The first-order chi connectivity index (χ1) is 11.6. The predicted molar refractivity (Wildman–Crippen MR) is 90.6 cm³/mol. The molecule has 6 nitrogen and oxygen atoms in total. The fraction of sp³-hybridized carbons (Fsp3) is 0.222. The SMILES string of the molecule is COC(=O)c1c2cccc(-c3ccc(OC)cc3OC)c2nn1C. The smallest absolute Gasteiger partial charge is 0.356 e. The van der Waals surface area contributed by atoms with Crippen molar-refractivity contribution in [2.75, 3.05) is 21.3 Å². The highest BCUT2D eigenvalue weighted by molar-refractivity contribution is 6.06. The average molecular weight is 326 g/mol. The number of aromatic nitrogens is 2. The van der Waals surface area contributed by atoms with Crippen LogP contribution in [0.5, 0.6) is 11.5 Å². The lowest BCUT2D eigenvalue weighted by Crippen LogP contribution is -2.08. The molecule has 0 atom stereocenters. The van der Waals surface area contributed by atoms with E-state index in [-0.39, 0.29) is 0 Å². The Morgan fingerprint density at radius 1 is 1.04 bits per heavy atom. The standard InChI is InChI=1S/C18H18N2O4/c1-20-17(18(21)24-4)14-7-5-6-13(16(14)19-20)12-9-8-11(22-2)10-15(12)23-3/h5-10H,1-4H3. The van der Waals surface area contributed by atoms with Crippen LogP contribution < -0.4 is 9.47 Å². The van der Waals surface area contributed by atoms with Crippen molar-refractivity contribution in [2.45, 2.75) is 0 Å². The van der Waals surface area contributed by atoms with Crippen LogP contribution in [0.15, 0.2) is 36.4 Å². The monoisotopic (exact) mass is 326 g/mol. The zero-order valence-electron chi connectivity index (χ0n) is 14.0. The highest BCUT2D eigenvalue weighted by Crippen LogP contribution is 2.37. The number of rotatable bonds is 4. The van der Waals surface area contributed by atoms with Gasteiger partial charge in [-0.3, -0.25) is 4.68 Å². The molecular weight excluding hydrogens is 308 g/mol. The third-order valence-electron chi connectivity index (χ3n) is 3.94. The molecule has 0 amide bonds. The maximum absolute atomic E-state index is 12.0. The summed E-state index contributed by atoms with van der Waals surface area (Å²) in [5.74, 6) is 0.963. The molecule has 0 N–H and O–H groups in total. The van der Waals surface area contributed by atoms with E-state index in [0.29, 0.717) is 22.7 Å². The molecule has 2 aromatic carbocycles. The Kier molecular flexibility index (Phi) is 4.12. The molecule has 1 aromatic heterocycles. The minimum Gasteiger partial charge on any atom is -0.497 e. The van der Waals surface area contributed by atoms with Crippen LogP contribution >= 0.6 is 0 Å². The lowest BCUT2D eigenvalue weighted by Gasteiger charge is -2.11. The van der Waals surface area contributed by atoms with Gasteiger partial charge in [-0.15, -0.1) is 0 Å². The summed E-state index contributed by atoms with van der Waals surface area (Å²) in [6.45, 7) is 0. The first-order valence-corrected chi connectivity index (χ1v) is 7.37. The summed E-state index contributed by atoms with van der Waals surface area (Å²) in [6.07, 6.45) is 0. The summed E-state index contributed by atoms with van der Waals surface area (Å²) in [5, 5.41) is 5.24. The lowest BCUT2D eigenvalue weighted by atomic mass is 10.0. The number of hydrogen-bond acceptors (Lipinski definition) is 5. The predicted octanol–water partition coefficient (Wildman–Crippen LogP) is 3.04. The van der Waals surface area contributed by atoms with Gasteiger partial charge in [0, 0.05) is 29.6 Å². The van der Waals surface area contributed by atoms with Crippen molar-refractivity contribution < 1.29 is 19.0 Å². The molecule has 24 heavy (non-hydrogen) atoms. The van der Waals surface area contributed by atoms with E-state index in [1.807, 2.05) is 36.4 Å². The van der Waals surface area contributed by atoms with Crippen LogP contribution in [0.1, 0.15) is 10.5 Å². The van der Waals surface area contributed by atoms with Crippen molar-refractivity contribution in [1.29, 1.82) is 0 Å². The summed E-state index contributed by atoms with van der Waals surface area (Å²) in [6, 6.07) is 11.3. The Morgan fingerprint density at radius 2 is 1.83 bits per heavy atom. The van der Waals surface area contributed by atoms with Gasteiger partial charge in [-0.1, -0.05) is 18.2 Å². The van der Waals surface area contributed by atoms with Crippen molar-refractivity contribution in [3.8, 4) is 22.6 Å². The van der Waals surface area contributed by atoms with Crippen LogP contribution in [-0.2, 0) is 11.8 Å². The zero-order chi connectivity index (χ0) is 17.3. The molecular formula is C18H18N2O4. The molecule has 0 spiro atoms. The number of carbonyl (C=O) groups excluding carboxylic acids is 1. The van der Waals surface area contributed by atoms with E-state index < -0.39 is 5.97 Å². The second kappa shape index (κ2) is 6.23. The Bertz CT molecular complexity index is 915. The molecule has 0 aliphatic rings. The normalized spacial score (nSPS) is 10.7. The maximum Gasteiger partial charge on any atom is 0.356 e. The number of aryl methyl sites for hydroxylation is 1. The van der Waals surface area contributed by atoms with Crippen LogP contribution in [-0.4, -0.2) is 37.1 Å². The first-order valence-electron chi connectivity index (χ1n) is 7.37. The minimum absolute atomic E-state index is 0.418. The van der Waals surface area contributed by atoms with Crippen molar-refractivity contribution in [1.82, 2.24) is 9.78 Å². The summed E-state index contributed by atoms with van der Waals surface area (Å²) >= 11 is 0. The lowest BCUT2D eigenvalue weighted by molar-refractivity contribution is 0.0590. The Labute approximate surface area is 139 Å². The number of fused-ring (bicyclic) bond motifs is 1. The molecule has 0 fully saturated rings. The molecule has 6 heteroatoms. The van der Waals surface area contributed by atoms with Gasteiger partial charge in [-0.2, -0.15) is 5.10 Å². The van der Waals surface area contributed by atoms with Crippen molar-refractivity contribution in [2.24, 2.45) is 7.05 Å². The van der Waals surface area contributed by atoms with E-state index in [2.05, 4.69) is 5.10 Å². The van der Waals surface area contributed by atoms with E-state index in [0.717, 1.165) is 16.5 Å². The van der Waals surface area contributed by atoms with Gasteiger partial charge in [-0.25, -0.2) is 4.79 Å². The van der Waals surface area contributed by atoms with Gasteiger partial charge < -0.3 is 14.2 Å². The quantitative estimate of drug-likeness (QED) is 0.690. The second-order valence-electron chi connectivity index (χ2n) is 5.23. The molecule has 0 radical (unpaired) electrons. The number of methoxy groups -OCH3 is 3. The van der Waals surface area contributed by atoms with Crippen LogP contribution in [0.4, 0.5) is 0 Å². The molecule has 3 aromatic rings. The number of benzene rings is 2. The zero-order valence-corrected chi connectivity index (χ0v) is 14.0. The average Bonchev–Trinajstić information content (AvgIpc) is 2.96. The summed E-state index contributed by atoms with van der Waals surface area (Å²) < 4.78 is 17.1. The number of esters is 1. The largest absolute Gasteiger partial charge is 0.497 e. The molecule has 0 saturated carbocycles. The van der Waals surface area contributed by atoms with Gasteiger partial charge in [0.05, 0.1) is 21.3 Å². The molecule has 1 heterocycles. The molecule has 0 saturated heterocycles. The fourth-order valence-electron chi connectivity index (χ4n) is 2.79. The van der Waals surface area contributed by atoms with Gasteiger partial charge in [0.1, 0.15) is 17.0 Å². The highest BCUT2D eigenvalue weighted by atomic mass is 16.5. The van der Waals surface area contributed by atoms with E-state index in [1.165, 1.54) is 11.8 Å². The third-order valence-corrected chi connectivity index (χ3v) is 3.94. The van der Waals surface area contributed by atoms with Gasteiger partial charge >= 0.3 is 5.97 Å². The van der Waals surface area contributed by atoms with E-state index in [4.69, 9.17) is 14.2 Å². The molecule has 0 unspecified atom stereocenters. The highest BCUT2D eigenvalue weighted by Gasteiger charge is 2.20. The van der Waals surface area contributed by atoms with Gasteiger partial charge in [0.25, 0.3) is 0 Å². The van der Waals surface area contributed by atoms with Crippen LogP contribution in [0.25, 0.3) is 22.0 Å². The van der Waals surface area contributed by atoms with Crippen LogP contribution in [0.3, 0.4) is 0 Å². The summed E-state index contributed by atoms with van der Waals surface area (Å²) in [4.78, 5) is 12.0. The summed E-state index contributed by atoms with van der Waals surface area (Å²) in [5.41, 5.74) is 2.88. The van der Waals surface area contributed by atoms with Gasteiger partial charge in [0.15, 0.2) is 5.69 Å². The second-order valence-corrected chi connectivity index (χ2v) is 5.23. The minimum atomic E-state index is -0.418. The maximum atomic E-state index is 12.0. The van der Waals surface area contributed by atoms with E-state index >= 15 is 0 Å². The van der Waals surface area contributed by atoms with Crippen molar-refractivity contribution >= 4 is 16.9 Å². The number of carbonyl (C=O) groups is 1. The molecule has 3 rings (SSSR count). The van der Waals surface area contributed by atoms with Crippen molar-refractivity contribution in [3.05, 3.63) is 42.1 Å². The molecule has 0 aliphatic carbocycles. The third kappa shape index (κ3) is 2.46. The number of nitrogens with zero attached hydrogens (tertiary/aromatic N) is 2. The Balaban J connectivity index is 2.27. The van der Waals surface area contributed by atoms with Crippen LogP contribution in [0, 0.1) is 0 Å². The Hall–Kier alpha value is -3.02. The first kappa shape index (κ1) is 15.9. The summed E-state index contributed by atoms with van der Waals surface area (Å²) in [7, 11) is 6.30. The van der Waals surface area contributed by atoms with Crippen LogP contribution in [0.2, 0.25) is 0 Å². The number of hydrogen-bond donors (Lipinski definition) is 0. The topological polar surface area (TPSA) is 62.6 Å². The van der Waals surface area contributed by atoms with E-state index in [9.17, 15) is 4.79 Å². The van der Waals surface area contributed by atoms with Gasteiger partial charge in [-0.05, 0) is 12.1 Å².